The highest BCUT2D eigenvalue weighted by Gasteiger charge is 2.42. The largest absolute Gasteiger partial charge is 0.461 e. The van der Waals surface area contributed by atoms with E-state index in [9.17, 15) is 14.4 Å². The molecule has 0 spiro atoms. The standard InChI is InChI=1S/C27H30O5/c28-18-24-23(25(29)17-26(24)31-19-21-11-5-3-6-12-21)15-9-1-2-10-16-27(30)32-20-22-13-7-4-8-14-22/h1,3-9,11-14,18,23-24,26H,2,10,15-17,19-20H2/b9-1+/t23-,24-,26-/m1/s1. The zero-order valence-electron chi connectivity index (χ0n) is 18.2. The molecular formula is C27H30O5. The van der Waals surface area contributed by atoms with E-state index in [0.29, 0.717) is 32.5 Å². The van der Waals surface area contributed by atoms with Crippen LogP contribution >= 0.6 is 0 Å². The first-order chi connectivity index (χ1) is 15.7. The molecule has 0 N–H and O–H groups in total. The predicted octanol–water partition coefficient (Wildman–Crippen LogP) is 4.84. The number of ketones is 1. The molecule has 0 bridgehead atoms. The Hall–Kier alpha value is -3.05. The van der Waals surface area contributed by atoms with E-state index in [4.69, 9.17) is 9.47 Å². The minimum atomic E-state index is -0.413. The van der Waals surface area contributed by atoms with Crippen molar-refractivity contribution in [3.63, 3.8) is 0 Å². The molecule has 5 nitrogen and oxygen atoms in total. The number of allylic oxidation sites excluding steroid dienone is 2. The van der Waals surface area contributed by atoms with Crippen LogP contribution in [0.2, 0.25) is 0 Å². The first-order valence-corrected chi connectivity index (χ1v) is 11.2. The van der Waals surface area contributed by atoms with Gasteiger partial charge in [-0.15, -0.1) is 0 Å². The van der Waals surface area contributed by atoms with Gasteiger partial charge in [0.15, 0.2) is 0 Å². The van der Waals surface area contributed by atoms with Gasteiger partial charge in [0.25, 0.3) is 0 Å². The van der Waals surface area contributed by atoms with Crippen LogP contribution in [-0.4, -0.2) is 24.1 Å². The van der Waals surface area contributed by atoms with Gasteiger partial charge in [0.1, 0.15) is 18.7 Å². The summed E-state index contributed by atoms with van der Waals surface area (Å²) < 4.78 is 11.2. The fraction of sp³-hybridized carbons (Fsp3) is 0.370. The van der Waals surface area contributed by atoms with Gasteiger partial charge >= 0.3 is 5.97 Å². The second kappa shape index (κ2) is 12.7. The number of esters is 1. The third-order valence-electron chi connectivity index (χ3n) is 5.72. The van der Waals surface area contributed by atoms with Crippen molar-refractivity contribution in [1.29, 1.82) is 0 Å². The molecule has 3 atom stereocenters. The number of hydrogen-bond acceptors (Lipinski definition) is 5. The molecule has 0 aromatic heterocycles. The van der Waals surface area contributed by atoms with Gasteiger partial charge in [0.05, 0.1) is 18.6 Å². The Kier molecular flexibility index (Phi) is 9.38. The van der Waals surface area contributed by atoms with Gasteiger partial charge in [-0.05, 0) is 30.4 Å². The van der Waals surface area contributed by atoms with Gasteiger partial charge in [-0.1, -0.05) is 72.8 Å². The van der Waals surface area contributed by atoms with Crippen LogP contribution in [0.25, 0.3) is 0 Å². The minimum Gasteiger partial charge on any atom is -0.461 e. The summed E-state index contributed by atoms with van der Waals surface area (Å²) in [5, 5.41) is 0. The first kappa shape index (κ1) is 23.6. The number of carbonyl (C=O) groups is 3. The lowest BCUT2D eigenvalue weighted by molar-refractivity contribution is -0.145. The molecule has 1 saturated carbocycles. The van der Waals surface area contributed by atoms with E-state index in [1.54, 1.807) is 0 Å². The summed E-state index contributed by atoms with van der Waals surface area (Å²) in [5.74, 6) is -0.883. The molecule has 5 heteroatoms. The summed E-state index contributed by atoms with van der Waals surface area (Å²) in [7, 11) is 0. The summed E-state index contributed by atoms with van der Waals surface area (Å²) in [5.41, 5.74) is 1.99. The average molecular weight is 435 g/mol. The molecule has 0 unspecified atom stereocenters. The lowest BCUT2D eigenvalue weighted by Crippen LogP contribution is -2.24. The summed E-state index contributed by atoms with van der Waals surface area (Å²) >= 11 is 0. The van der Waals surface area contributed by atoms with Gasteiger partial charge < -0.3 is 14.3 Å². The molecule has 1 fully saturated rings. The Balaban J connectivity index is 1.35. The Morgan fingerprint density at radius 1 is 0.938 bits per heavy atom. The van der Waals surface area contributed by atoms with Crippen LogP contribution in [0.3, 0.4) is 0 Å². The van der Waals surface area contributed by atoms with Crippen molar-refractivity contribution in [3.05, 3.63) is 83.9 Å². The molecule has 0 saturated heterocycles. The molecular weight excluding hydrogens is 404 g/mol. The topological polar surface area (TPSA) is 69.7 Å². The van der Waals surface area contributed by atoms with Crippen molar-refractivity contribution in [2.45, 2.75) is 51.4 Å². The number of hydrogen-bond donors (Lipinski definition) is 0. The van der Waals surface area contributed by atoms with E-state index in [-0.39, 0.29) is 30.2 Å². The molecule has 0 amide bonds. The smallest absolute Gasteiger partial charge is 0.306 e. The zero-order chi connectivity index (χ0) is 22.6. The molecule has 0 radical (unpaired) electrons. The molecule has 0 aliphatic heterocycles. The van der Waals surface area contributed by atoms with Crippen molar-refractivity contribution in [1.82, 2.24) is 0 Å². The third kappa shape index (κ3) is 7.27. The van der Waals surface area contributed by atoms with Gasteiger partial charge in [-0.2, -0.15) is 0 Å². The van der Waals surface area contributed by atoms with Gasteiger partial charge in [-0.25, -0.2) is 0 Å². The minimum absolute atomic E-state index is 0.0781. The lowest BCUT2D eigenvalue weighted by Gasteiger charge is -2.18. The Morgan fingerprint density at radius 3 is 2.25 bits per heavy atom. The van der Waals surface area contributed by atoms with Crippen LogP contribution in [0.5, 0.6) is 0 Å². The lowest BCUT2D eigenvalue weighted by atomic mass is 9.92. The van der Waals surface area contributed by atoms with Crippen LogP contribution in [0, 0.1) is 11.8 Å². The fourth-order valence-corrected chi connectivity index (χ4v) is 3.91. The fourth-order valence-electron chi connectivity index (χ4n) is 3.91. The molecule has 32 heavy (non-hydrogen) atoms. The monoisotopic (exact) mass is 434 g/mol. The molecule has 168 valence electrons. The van der Waals surface area contributed by atoms with Gasteiger partial charge in [-0.3, -0.25) is 9.59 Å². The number of unbranched alkanes of at least 4 members (excludes halogenated alkanes) is 1. The van der Waals surface area contributed by atoms with Crippen molar-refractivity contribution in [2.75, 3.05) is 0 Å². The Bertz CT molecular complexity index is 891. The van der Waals surface area contributed by atoms with E-state index < -0.39 is 5.92 Å². The predicted molar refractivity (Wildman–Crippen MR) is 122 cm³/mol. The van der Waals surface area contributed by atoms with Crippen LogP contribution in [0.15, 0.2) is 72.8 Å². The molecule has 3 rings (SSSR count). The Labute approximate surface area is 189 Å². The quantitative estimate of drug-likeness (QED) is 0.207. The van der Waals surface area contributed by atoms with E-state index in [0.717, 1.165) is 23.8 Å². The number of aldehydes is 1. The number of Topliss-reactive ketones (excluding diaryl/α,β-unsaturated/α-hetero) is 1. The molecule has 1 aliphatic rings. The number of rotatable bonds is 12. The highest BCUT2D eigenvalue weighted by Crippen LogP contribution is 2.33. The van der Waals surface area contributed by atoms with Crippen LogP contribution < -0.4 is 0 Å². The average Bonchev–Trinajstić information content (AvgIpc) is 3.14. The van der Waals surface area contributed by atoms with Crippen molar-refractivity contribution in [2.24, 2.45) is 11.8 Å². The van der Waals surface area contributed by atoms with E-state index >= 15 is 0 Å². The van der Waals surface area contributed by atoms with E-state index in [1.807, 2.05) is 72.8 Å². The van der Waals surface area contributed by atoms with Gasteiger partial charge in [0.2, 0.25) is 0 Å². The maximum Gasteiger partial charge on any atom is 0.306 e. The second-order valence-electron chi connectivity index (χ2n) is 8.07. The molecule has 0 heterocycles. The van der Waals surface area contributed by atoms with Gasteiger partial charge in [0, 0.05) is 18.8 Å². The SMILES string of the molecule is O=C[C@H]1[C@H](OCc2ccccc2)CC(=O)[C@@H]1C/C=C/CCCC(=O)OCc1ccccc1. The van der Waals surface area contributed by atoms with Crippen LogP contribution in [0.4, 0.5) is 0 Å². The summed E-state index contributed by atoms with van der Waals surface area (Å²) in [6.07, 6.45) is 6.97. The van der Waals surface area contributed by atoms with Crippen molar-refractivity contribution < 1.29 is 23.9 Å². The van der Waals surface area contributed by atoms with Crippen molar-refractivity contribution >= 4 is 18.0 Å². The second-order valence-corrected chi connectivity index (χ2v) is 8.07. The number of carbonyl (C=O) groups excluding carboxylic acids is 3. The highest BCUT2D eigenvalue weighted by atomic mass is 16.5. The van der Waals surface area contributed by atoms with Crippen LogP contribution in [0.1, 0.15) is 43.2 Å². The summed E-state index contributed by atoms with van der Waals surface area (Å²) in [4.78, 5) is 35.9. The molecule has 1 aliphatic carbocycles. The molecule has 2 aromatic rings. The maximum atomic E-state index is 12.4. The normalized spacial score (nSPS) is 20.5. The molecule has 2 aromatic carbocycles. The maximum absolute atomic E-state index is 12.4. The third-order valence-corrected chi connectivity index (χ3v) is 5.72. The van der Waals surface area contributed by atoms with Crippen molar-refractivity contribution in [3.8, 4) is 0 Å². The Morgan fingerprint density at radius 2 is 1.59 bits per heavy atom. The number of ether oxygens (including phenoxy) is 2. The zero-order valence-corrected chi connectivity index (χ0v) is 18.2. The van der Waals surface area contributed by atoms with E-state index in [2.05, 4.69) is 0 Å². The summed E-state index contributed by atoms with van der Waals surface area (Å²) in [6, 6.07) is 19.3. The van der Waals surface area contributed by atoms with E-state index in [1.165, 1.54) is 0 Å². The first-order valence-electron chi connectivity index (χ1n) is 11.2. The van der Waals surface area contributed by atoms with Crippen LogP contribution in [-0.2, 0) is 37.1 Å². The highest BCUT2D eigenvalue weighted by molar-refractivity contribution is 5.88. The summed E-state index contributed by atoms with van der Waals surface area (Å²) in [6.45, 7) is 0.686. The number of benzene rings is 2.